The fraction of sp³-hybridized carbons (Fsp3) is 0.708. The zero-order valence-corrected chi connectivity index (χ0v) is 17.7. The zero-order valence-electron chi connectivity index (χ0n) is 17.7. The summed E-state index contributed by atoms with van der Waals surface area (Å²) in [6.07, 6.45) is 11.9. The number of urea groups is 1. The molecular weight excluding hydrogens is 332 g/mol. The first-order valence-corrected chi connectivity index (χ1v) is 11.1. The summed E-state index contributed by atoms with van der Waals surface area (Å²) in [5.74, 6) is 0.777. The first-order chi connectivity index (χ1) is 12.9. The van der Waals surface area contributed by atoms with Gasteiger partial charge in [-0.1, -0.05) is 65.2 Å². The number of hydrogen-bond acceptors (Lipinski definition) is 1. The normalized spacial score (nSPS) is 20.2. The van der Waals surface area contributed by atoms with Crippen molar-refractivity contribution in [1.82, 2.24) is 5.32 Å². The van der Waals surface area contributed by atoms with Gasteiger partial charge in [0, 0.05) is 11.7 Å². The lowest BCUT2D eigenvalue weighted by Crippen LogP contribution is -2.43. The lowest BCUT2D eigenvalue weighted by atomic mass is 9.64. The van der Waals surface area contributed by atoms with Crippen molar-refractivity contribution in [3.05, 3.63) is 29.3 Å². The Hall–Kier alpha value is -1.51. The summed E-state index contributed by atoms with van der Waals surface area (Å²) in [6.45, 7) is 8.75. The van der Waals surface area contributed by atoms with Crippen LogP contribution in [-0.2, 0) is 0 Å². The van der Waals surface area contributed by atoms with Crippen molar-refractivity contribution in [2.75, 3.05) is 5.32 Å². The summed E-state index contributed by atoms with van der Waals surface area (Å²) >= 11 is 0. The second-order valence-corrected chi connectivity index (χ2v) is 9.55. The number of hydrogen-bond donors (Lipinski definition) is 2. The first kappa shape index (κ1) is 20.2. The molecule has 27 heavy (non-hydrogen) atoms. The minimum atomic E-state index is -0.0328. The number of para-hydroxylation sites is 1. The summed E-state index contributed by atoms with van der Waals surface area (Å²) in [6, 6.07) is 6.68. The highest BCUT2D eigenvalue weighted by atomic mass is 16.2. The molecule has 3 nitrogen and oxygen atoms in total. The van der Waals surface area contributed by atoms with Crippen molar-refractivity contribution < 1.29 is 4.79 Å². The third-order valence-electron chi connectivity index (χ3n) is 6.91. The Kier molecular flexibility index (Phi) is 6.49. The van der Waals surface area contributed by atoms with E-state index < -0.39 is 0 Å². The highest BCUT2D eigenvalue weighted by Gasteiger charge is 2.36. The van der Waals surface area contributed by atoms with E-state index in [1.54, 1.807) is 0 Å². The number of benzene rings is 1. The fourth-order valence-corrected chi connectivity index (χ4v) is 5.21. The van der Waals surface area contributed by atoms with Crippen LogP contribution in [0.4, 0.5) is 10.5 Å². The largest absolute Gasteiger partial charge is 0.335 e. The van der Waals surface area contributed by atoms with Crippen molar-refractivity contribution in [2.45, 2.75) is 103 Å². The summed E-state index contributed by atoms with van der Waals surface area (Å²) < 4.78 is 0. The van der Waals surface area contributed by atoms with Crippen LogP contribution in [0.2, 0.25) is 0 Å². The second-order valence-electron chi connectivity index (χ2n) is 9.55. The van der Waals surface area contributed by atoms with E-state index in [0.29, 0.717) is 23.3 Å². The van der Waals surface area contributed by atoms with Crippen LogP contribution < -0.4 is 10.6 Å². The molecule has 0 atom stereocenters. The molecule has 150 valence electrons. The molecule has 0 aliphatic heterocycles. The van der Waals surface area contributed by atoms with E-state index in [-0.39, 0.29) is 6.03 Å². The van der Waals surface area contributed by atoms with E-state index >= 15 is 0 Å². The van der Waals surface area contributed by atoms with Crippen molar-refractivity contribution in [3.63, 3.8) is 0 Å². The van der Waals surface area contributed by atoms with Gasteiger partial charge in [0.25, 0.3) is 0 Å². The molecule has 0 radical (unpaired) electrons. The molecule has 3 rings (SSSR count). The summed E-state index contributed by atoms with van der Waals surface area (Å²) in [7, 11) is 0. The number of carbonyl (C=O) groups excluding carboxylic acids is 1. The van der Waals surface area contributed by atoms with E-state index in [0.717, 1.165) is 18.5 Å². The van der Waals surface area contributed by atoms with Gasteiger partial charge in [-0.2, -0.15) is 0 Å². The Morgan fingerprint density at radius 2 is 1.48 bits per heavy atom. The average Bonchev–Trinajstić information content (AvgIpc) is 2.64. The van der Waals surface area contributed by atoms with Crippen molar-refractivity contribution >= 4 is 11.7 Å². The molecule has 0 saturated heterocycles. The maximum atomic E-state index is 12.8. The van der Waals surface area contributed by atoms with Crippen molar-refractivity contribution in [3.8, 4) is 0 Å². The highest BCUT2D eigenvalue weighted by Crippen LogP contribution is 2.47. The lowest BCUT2D eigenvalue weighted by Gasteiger charge is -2.43. The minimum absolute atomic E-state index is 0.0328. The molecule has 0 heterocycles. The van der Waals surface area contributed by atoms with Gasteiger partial charge in [-0.15, -0.1) is 0 Å². The third kappa shape index (κ3) is 4.86. The molecule has 2 saturated carbocycles. The monoisotopic (exact) mass is 370 g/mol. The number of anilines is 1. The molecule has 2 N–H and O–H groups in total. The maximum Gasteiger partial charge on any atom is 0.319 e. The second kappa shape index (κ2) is 8.67. The van der Waals surface area contributed by atoms with E-state index in [4.69, 9.17) is 0 Å². The lowest BCUT2D eigenvalue weighted by molar-refractivity contribution is 0.109. The van der Waals surface area contributed by atoms with Crippen LogP contribution in [0.3, 0.4) is 0 Å². The molecule has 2 aliphatic rings. The molecule has 0 bridgehead atoms. The smallest absolute Gasteiger partial charge is 0.319 e. The Bertz CT molecular complexity index is 608. The molecule has 0 unspecified atom stereocenters. The van der Waals surface area contributed by atoms with Gasteiger partial charge in [0.2, 0.25) is 0 Å². The molecular formula is C24H38N2O. The fourth-order valence-electron chi connectivity index (χ4n) is 5.21. The molecule has 3 heteroatoms. The van der Waals surface area contributed by atoms with E-state index in [1.807, 2.05) is 0 Å². The maximum absolute atomic E-state index is 12.8. The van der Waals surface area contributed by atoms with Crippen LogP contribution in [0, 0.1) is 5.41 Å². The van der Waals surface area contributed by atoms with Gasteiger partial charge in [0.1, 0.15) is 0 Å². The van der Waals surface area contributed by atoms with E-state index in [2.05, 4.69) is 56.5 Å². The standard InChI is InChI=1S/C24H38N2O/c1-17(2)20-9-8-10-21(18(3)4)22(20)26-23(27)25-19-11-15-24(16-12-19)13-6-5-7-14-24/h8-10,17-19H,5-7,11-16H2,1-4H3,(H2,25,26,27). The van der Waals surface area contributed by atoms with Crippen LogP contribution in [0.5, 0.6) is 0 Å². The molecule has 2 fully saturated rings. The topological polar surface area (TPSA) is 41.1 Å². The summed E-state index contributed by atoms with van der Waals surface area (Å²) in [5, 5.41) is 6.48. The highest BCUT2D eigenvalue weighted by molar-refractivity contribution is 5.91. The van der Waals surface area contributed by atoms with Crippen LogP contribution in [0.15, 0.2) is 18.2 Å². The molecule has 2 aliphatic carbocycles. The van der Waals surface area contributed by atoms with Crippen LogP contribution in [-0.4, -0.2) is 12.1 Å². The van der Waals surface area contributed by atoms with Crippen LogP contribution in [0.25, 0.3) is 0 Å². The number of rotatable bonds is 4. The molecule has 1 spiro atoms. The van der Waals surface area contributed by atoms with Crippen LogP contribution >= 0.6 is 0 Å². The average molecular weight is 371 g/mol. The SMILES string of the molecule is CC(C)c1cccc(C(C)C)c1NC(=O)NC1CCC2(CCCCC2)CC1. The Labute approximate surface area is 165 Å². The van der Waals surface area contributed by atoms with Gasteiger partial charge in [-0.25, -0.2) is 4.79 Å². The number of nitrogens with one attached hydrogen (secondary N) is 2. The van der Waals surface area contributed by atoms with Gasteiger partial charge in [-0.05, 0) is 66.9 Å². The Balaban J connectivity index is 1.62. The molecule has 1 aromatic carbocycles. The summed E-state index contributed by atoms with van der Waals surface area (Å²) in [4.78, 5) is 12.8. The van der Waals surface area contributed by atoms with Gasteiger partial charge < -0.3 is 10.6 Å². The van der Waals surface area contributed by atoms with Gasteiger partial charge >= 0.3 is 6.03 Å². The molecule has 2 amide bonds. The van der Waals surface area contributed by atoms with Gasteiger partial charge in [0.15, 0.2) is 0 Å². The predicted octanol–water partition coefficient (Wildman–Crippen LogP) is 6.95. The number of amides is 2. The van der Waals surface area contributed by atoms with Gasteiger partial charge in [-0.3, -0.25) is 0 Å². The third-order valence-corrected chi connectivity index (χ3v) is 6.91. The minimum Gasteiger partial charge on any atom is -0.335 e. The van der Waals surface area contributed by atoms with Crippen molar-refractivity contribution in [1.29, 1.82) is 0 Å². The summed E-state index contributed by atoms with van der Waals surface area (Å²) in [5.41, 5.74) is 4.06. The molecule has 1 aromatic rings. The Morgan fingerprint density at radius 3 is 2.00 bits per heavy atom. The van der Waals surface area contributed by atoms with E-state index in [1.165, 1.54) is 56.1 Å². The van der Waals surface area contributed by atoms with Crippen molar-refractivity contribution in [2.24, 2.45) is 5.41 Å². The zero-order chi connectivity index (χ0) is 19.4. The van der Waals surface area contributed by atoms with Gasteiger partial charge in [0.05, 0.1) is 0 Å². The quantitative estimate of drug-likeness (QED) is 0.591. The predicted molar refractivity (Wildman–Crippen MR) is 115 cm³/mol. The van der Waals surface area contributed by atoms with Crippen LogP contribution in [0.1, 0.15) is 108 Å². The molecule has 0 aromatic heterocycles. The first-order valence-electron chi connectivity index (χ1n) is 11.1. The van der Waals surface area contributed by atoms with E-state index in [9.17, 15) is 4.79 Å². The number of carbonyl (C=O) groups is 1. The Morgan fingerprint density at radius 1 is 0.926 bits per heavy atom.